The van der Waals surface area contributed by atoms with Crippen LogP contribution in [0.3, 0.4) is 0 Å². The summed E-state index contributed by atoms with van der Waals surface area (Å²) in [6.07, 6.45) is 0. The summed E-state index contributed by atoms with van der Waals surface area (Å²) in [6.45, 7) is -0.600. The minimum atomic E-state index is -4.66. The zero-order valence-corrected chi connectivity index (χ0v) is 10.1. The molecule has 104 valence electrons. The first-order chi connectivity index (χ1) is 8.68. The third-order valence-electron chi connectivity index (χ3n) is 2.34. The van der Waals surface area contributed by atoms with Crippen LogP contribution in [-0.4, -0.2) is 29.4 Å². The molecule has 19 heavy (non-hydrogen) atoms. The lowest BCUT2D eigenvalue weighted by atomic mass is 10.1. The van der Waals surface area contributed by atoms with Crippen molar-refractivity contribution in [2.45, 2.75) is 5.25 Å². The zero-order valence-electron chi connectivity index (χ0n) is 9.29. The van der Waals surface area contributed by atoms with Gasteiger partial charge in [0.05, 0.1) is 21.5 Å². The molecule has 0 aliphatic carbocycles. The molecule has 0 heterocycles. The summed E-state index contributed by atoms with van der Waals surface area (Å²) in [4.78, 5) is 19.5. The van der Waals surface area contributed by atoms with E-state index in [1.165, 1.54) is 0 Å². The average Bonchev–Trinajstić information content (AvgIpc) is 2.27. The molecule has 1 unspecified atom stereocenters. The fourth-order valence-electron chi connectivity index (χ4n) is 1.49. The molecular formula is C8H9N3O7S. The number of hydrogen-bond donors (Lipinski definition) is 2. The Bertz CT molecular complexity index is 627. The van der Waals surface area contributed by atoms with Gasteiger partial charge in [-0.3, -0.25) is 24.8 Å². The molecule has 1 aromatic rings. The van der Waals surface area contributed by atoms with Crippen LogP contribution in [0.5, 0.6) is 0 Å². The highest BCUT2D eigenvalue weighted by Crippen LogP contribution is 2.32. The number of non-ortho nitro benzene ring substituents is 1. The third-order valence-corrected chi connectivity index (χ3v) is 3.51. The Morgan fingerprint density at radius 1 is 1.26 bits per heavy atom. The second-order valence-corrected chi connectivity index (χ2v) is 5.10. The van der Waals surface area contributed by atoms with E-state index in [2.05, 4.69) is 0 Å². The molecule has 1 rings (SSSR count). The maximum Gasteiger partial charge on any atom is 0.280 e. The maximum atomic E-state index is 11.1. The molecule has 0 saturated heterocycles. The summed E-state index contributed by atoms with van der Waals surface area (Å²) in [7, 11) is -4.66. The molecule has 3 N–H and O–H groups in total. The van der Waals surface area contributed by atoms with Gasteiger partial charge in [-0.1, -0.05) is 0 Å². The highest BCUT2D eigenvalue weighted by atomic mass is 32.2. The molecule has 1 atom stereocenters. The predicted molar refractivity (Wildman–Crippen MR) is 63.1 cm³/mol. The third kappa shape index (κ3) is 3.21. The molecule has 10 nitrogen and oxygen atoms in total. The van der Waals surface area contributed by atoms with Gasteiger partial charge < -0.3 is 5.73 Å². The van der Waals surface area contributed by atoms with Crippen LogP contribution in [0.25, 0.3) is 0 Å². The summed E-state index contributed by atoms with van der Waals surface area (Å²) in [5.41, 5.74) is 3.40. The second kappa shape index (κ2) is 5.26. The monoisotopic (exact) mass is 291 g/mol. The van der Waals surface area contributed by atoms with Crippen molar-refractivity contribution in [3.05, 3.63) is 44.0 Å². The van der Waals surface area contributed by atoms with E-state index in [4.69, 9.17) is 10.3 Å². The van der Waals surface area contributed by atoms with Gasteiger partial charge in [-0.25, -0.2) is 0 Å². The normalized spacial score (nSPS) is 12.9. The highest BCUT2D eigenvalue weighted by molar-refractivity contribution is 7.86. The smallest absolute Gasteiger partial charge is 0.280 e. The Morgan fingerprint density at radius 2 is 1.84 bits per heavy atom. The molecule has 0 radical (unpaired) electrons. The molecule has 0 spiro atoms. The molecule has 0 aliphatic rings. The van der Waals surface area contributed by atoms with E-state index in [-0.39, 0.29) is 0 Å². The first kappa shape index (κ1) is 14.9. The Kier molecular flexibility index (Phi) is 4.14. The Morgan fingerprint density at radius 3 is 2.21 bits per heavy atom. The maximum absolute atomic E-state index is 11.1. The molecule has 0 saturated carbocycles. The van der Waals surface area contributed by atoms with Gasteiger partial charge >= 0.3 is 0 Å². The number of rotatable bonds is 5. The number of nitrogens with two attached hydrogens (primary N) is 1. The quantitative estimate of drug-likeness (QED) is 0.446. The van der Waals surface area contributed by atoms with Gasteiger partial charge in [0.2, 0.25) is 0 Å². The van der Waals surface area contributed by atoms with E-state index in [0.717, 1.165) is 12.1 Å². The van der Waals surface area contributed by atoms with Crippen molar-refractivity contribution in [1.82, 2.24) is 0 Å². The lowest BCUT2D eigenvalue weighted by Crippen LogP contribution is -2.22. The Balaban J connectivity index is 3.51. The lowest BCUT2D eigenvalue weighted by Gasteiger charge is -2.11. The van der Waals surface area contributed by atoms with E-state index in [0.29, 0.717) is 6.07 Å². The van der Waals surface area contributed by atoms with E-state index >= 15 is 0 Å². The largest absolute Gasteiger partial charge is 0.329 e. The van der Waals surface area contributed by atoms with Gasteiger partial charge in [0.15, 0.2) is 0 Å². The van der Waals surface area contributed by atoms with Crippen molar-refractivity contribution in [2.75, 3.05) is 6.54 Å². The molecule has 1 aromatic carbocycles. The average molecular weight is 291 g/mol. The van der Waals surface area contributed by atoms with Crippen molar-refractivity contribution in [3.8, 4) is 0 Å². The fourth-order valence-corrected chi connectivity index (χ4v) is 2.25. The molecule has 0 aliphatic heterocycles. The van der Waals surface area contributed by atoms with Crippen LogP contribution in [0.2, 0.25) is 0 Å². The Labute approximate surface area is 106 Å². The van der Waals surface area contributed by atoms with Crippen LogP contribution in [0, 0.1) is 20.2 Å². The summed E-state index contributed by atoms with van der Waals surface area (Å²) >= 11 is 0. The van der Waals surface area contributed by atoms with Gasteiger partial charge in [-0.2, -0.15) is 8.42 Å². The van der Waals surface area contributed by atoms with Crippen molar-refractivity contribution in [1.29, 1.82) is 0 Å². The summed E-state index contributed by atoms with van der Waals surface area (Å²) in [5, 5.41) is 19.6. The number of benzene rings is 1. The molecule has 11 heteroatoms. The standard InChI is InChI=1S/C8H9N3O7S/c9-4-8(19(16,17)18)6-2-1-5(10(12)13)3-7(6)11(14)15/h1-3,8H,4,9H2,(H,16,17,18). The van der Waals surface area contributed by atoms with Crippen LogP contribution < -0.4 is 5.73 Å². The molecule has 0 bridgehead atoms. The summed E-state index contributed by atoms with van der Waals surface area (Å²) in [6, 6.07) is 2.40. The van der Waals surface area contributed by atoms with Gasteiger partial charge in [0.1, 0.15) is 5.25 Å². The molecule has 0 aromatic heterocycles. The number of nitro groups is 2. The summed E-state index contributed by atoms with van der Waals surface area (Å²) < 4.78 is 31.1. The zero-order chi connectivity index (χ0) is 14.8. The van der Waals surface area contributed by atoms with Gasteiger partial charge in [-0.05, 0) is 6.07 Å². The minimum Gasteiger partial charge on any atom is -0.329 e. The van der Waals surface area contributed by atoms with E-state index < -0.39 is 48.7 Å². The summed E-state index contributed by atoms with van der Waals surface area (Å²) in [5.74, 6) is 0. The van der Waals surface area contributed by atoms with E-state index in [1.807, 2.05) is 0 Å². The van der Waals surface area contributed by atoms with Crippen LogP contribution in [0.1, 0.15) is 10.8 Å². The number of nitrogens with zero attached hydrogens (tertiary/aromatic N) is 2. The highest BCUT2D eigenvalue weighted by Gasteiger charge is 2.32. The second-order valence-electron chi connectivity index (χ2n) is 3.50. The fraction of sp³-hybridized carbons (Fsp3) is 0.250. The number of hydrogen-bond acceptors (Lipinski definition) is 7. The SMILES string of the molecule is NCC(c1ccc([N+](=O)[O-])cc1[N+](=O)[O-])S(=O)(=O)O. The van der Waals surface area contributed by atoms with E-state index in [1.54, 1.807) is 0 Å². The molecule has 0 fully saturated rings. The van der Waals surface area contributed by atoms with Crippen molar-refractivity contribution in [3.63, 3.8) is 0 Å². The van der Waals surface area contributed by atoms with E-state index in [9.17, 15) is 28.6 Å². The first-order valence-electron chi connectivity index (χ1n) is 4.77. The van der Waals surface area contributed by atoms with Gasteiger partial charge in [0, 0.05) is 12.6 Å². The van der Waals surface area contributed by atoms with Crippen molar-refractivity contribution < 1.29 is 22.8 Å². The molecular weight excluding hydrogens is 282 g/mol. The lowest BCUT2D eigenvalue weighted by molar-refractivity contribution is -0.394. The van der Waals surface area contributed by atoms with Gasteiger partial charge in [-0.15, -0.1) is 0 Å². The first-order valence-corrected chi connectivity index (χ1v) is 6.28. The Hall–Kier alpha value is -2.11. The van der Waals surface area contributed by atoms with Crippen molar-refractivity contribution >= 4 is 21.5 Å². The van der Waals surface area contributed by atoms with Crippen molar-refractivity contribution in [2.24, 2.45) is 5.73 Å². The topological polar surface area (TPSA) is 167 Å². The van der Waals surface area contributed by atoms with Crippen LogP contribution in [0.4, 0.5) is 11.4 Å². The number of nitro benzene ring substituents is 2. The predicted octanol–water partition coefficient (Wildman–Crippen LogP) is 0.391. The minimum absolute atomic E-state index is 0.402. The van der Waals surface area contributed by atoms with Crippen LogP contribution >= 0.6 is 0 Å². The van der Waals surface area contributed by atoms with Crippen LogP contribution in [0.15, 0.2) is 18.2 Å². The van der Waals surface area contributed by atoms with Gasteiger partial charge in [0.25, 0.3) is 21.5 Å². The van der Waals surface area contributed by atoms with Crippen LogP contribution in [-0.2, 0) is 10.1 Å². The molecule has 0 amide bonds.